The fraction of sp³-hybridized carbons (Fsp3) is 0.500. The molecule has 0 radical (unpaired) electrons. The van der Waals surface area contributed by atoms with E-state index in [0.717, 1.165) is 16.7 Å². The minimum atomic E-state index is -0.953. The number of nitrogens with zero attached hydrogens (tertiary/aromatic N) is 1. The van der Waals surface area contributed by atoms with E-state index in [1.165, 1.54) is 0 Å². The molecule has 0 spiro atoms. The highest BCUT2D eigenvalue weighted by Crippen LogP contribution is 2.39. The number of hydrogen-bond donors (Lipinski definition) is 2. The van der Waals surface area contributed by atoms with E-state index in [9.17, 15) is 19.8 Å². The van der Waals surface area contributed by atoms with Crippen LogP contribution in [0.4, 0.5) is 0 Å². The summed E-state index contributed by atoms with van der Waals surface area (Å²) in [6.45, 7) is 2.92. The monoisotopic (exact) mass is 444 g/mol. The number of hydrogen-bond acceptors (Lipinski definition) is 5. The van der Waals surface area contributed by atoms with Crippen LogP contribution in [0.5, 0.6) is 0 Å². The van der Waals surface area contributed by atoms with Crippen molar-refractivity contribution in [3.63, 3.8) is 0 Å². The Labute approximate surface area is 187 Å². The minimum Gasteiger partial charge on any atom is -0.481 e. The van der Waals surface area contributed by atoms with Crippen molar-refractivity contribution in [1.29, 1.82) is 0 Å². The molecule has 2 aliphatic carbocycles. The molecule has 0 bridgehead atoms. The van der Waals surface area contributed by atoms with E-state index in [1.54, 1.807) is 6.26 Å². The Bertz CT molecular complexity index is 915. The third-order valence-corrected chi connectivity index (χ3v) is 6.80. The molecule has 2 aliphatic heterocycles. The summed E-state index contributed by atoms with van der Waals surface area (Å²) >= 11 is 0. The van der Waals surface area contributed by atoms with Gasteiger partial charge >= 0.3 is 11.9 Å². The van der Waals surface area contributed by atoms with Crippen LogP contribution >= 0.6 is 0 Å². The molecule has 8 nitrogen and oxygen atoms in total. The van der Waals surface area contributed by atoms with E-state index >= 15 is 0 Å². The number of ether oxygens (including phenoxy) is 3. The third-order valence-electron chi connectivity index (χ3n) is 6.80. The molecule has 8 heteroatoms. The van der Waals surface area contributed by atoms with Gasteiger partial charge in [-0.2, -0.15) is 0 Å². The predicted octanol–water partition coefficient (Wildman–Crippen LogP) is 2.75. The Balaban J connectivity index is 1.76. The summed E-state index contributed by atoms with van der Waals surface area (Å²) in [5, 5.41) is 19.6. The van der Waals surface area contributed by atoms with E-state index in [4.69, 9.17) is 14.2 Å². The molecule has 2 heterocycles. The summed E-state index contributed by atoms with van der Waals surface area (Å²) in [6, 6.07) is 0. The summed E-state index contributed by atoms with van der Waals surface area (Å²) in [5.74, 6) is -2.67. The molecule has 1 saturated heterocycles. The maximum Gasteiger partial charge on any atom is 0.359 e. The number of likely N-dealkylation sites (tertiary alicyclic amines) is 1. The van der Waals surface area contributed by atoms with Crippen LogP contribution in [0.1, 0.15) is 26.2 Å². The van der Waals surface area contributed by atoms with Gasteiger partial charge in [0.15, 0.2) is 13.3 Å². The minimum absolute atomic E-state index is 0.0976. The van der Waals surface area contributed by atoms with Crippen LogP contribution in [0.2, 0.25) is 0 Å². The molecule has 2 N–H and O–H groups in total. The molecule has 0 aromatic heterocycles. The van der Waals surface area contributed by atoms with Gasteiger partial charge in [0.1, 0.15) is 12.0 Å². The van der Waals surface area contributed by atoms with Gasteiger partial charge in [-0.25, -0.2) is 4.79 Å². The van der Waals surface area contributed by atoms with E-state index in [0.29, 0.717) is 32.4 Å². The number of piperidine rings is 1. The molecule has 4 unspecified atom stereocenters. The molecule has 1 fully saturated rings. The highest BCUT2D eigenvalue weighted by Gasteiger charge is 2.51. The molecule has 0 amide bonds. The molecular weight excluding hydrogens is 414 g/mol. The Hall–Kier alpha value is -2.68. The van der Waals surface area contributed by atoms with Crippen molar-refractivity contribution in [1.82, 2.24) is 0 Å². The van der Waals surface area contributed by atoms with Crippen molar-refractivity contribution in [2.24, 2.45) is 5.92 Å². The van der Waals surface area contributed by atoms with E-state index in [2.05, 4.69) is 0 Å². The second-order valence-corrected chi connectivity index (χ2v) is 8.61. The zero-order valence-electron chi connectivity index (χ0n) is 18.2. The molecule has 32 heavy (non-hydrogen) atoms. The van der Waals surface area contributed by atoms with Gasteiger partial charge in [0.25, 0.3) is 0 Å². The first-order valence-corrected chi connectivity index (χ1v) is 11.1. The second kappa shape index (κ2) is 9.44. The summed E-state index contributed by atoms with van der Waals surface area (Å²) in [6.07, 6.45) is 13.6. The number of quaternary nitrogens is 1. The van der Waals surface area contributed by atoms with Crippen molar-refractivity contribution in [3.8, 4) is 0 Å². The fourth-order valence-electron chi connectivity index (χ4n) is 5.24. The first-order chi connectivity index (χ1) is 15.4. The Morgan fingerprint density at radius 3 is 2.84 bits per heavy atom. The number of carboxylic acid groups (broad SMARTS) is 2. The number of aliphatic carboxylic acids is 2. The quantitative estimate of drug-likeness (QED) is 0.608. The Kier molecular flexibility index (Phi) is 6.64. The largest absolute Gasteiger partial charge is 0.481 e. The topological polar surface area (TPSA) is 102 Å². The van der Waals surface area contributed by atoms with Gasteiger partial charge in [-0.1, -0.05) is 36.5 Å². The van der Waals surface area contributed by atoms with Gasteiger partial charge < -0.3 is 24.4 Å². The molecule has 5 atom stereocenters. The van der Waals surface area contributed by atoms with Gasteiger partial charge in [0, 0.05) is 5.57 Å². The van der Waals surface area contributed by atoms with Gasteiger partial charge in [0.2, 0.25) is 6.23 Å². The standard InChI is InChI=1S/C24H29NO7/c1-2-25(13-21(26)27)12-6-9-18(24(28)29)23(25)32-20-11-5-7-16-14-30-15-31-19-10-4-3-8-17(19)22(16)20/h3-5,7-8,10,14,18-20,23H,2,6,9,11-13,15H2,1H3,(H-,26,27,28,29)/p+1/t18?,19?,20?,23-,25?/m1/s1. The van der Waals surface area contributed by atoms with Gasteiger partial charge in [-0.05, 0) is 37.3 Å². The van der Waals surface area contributed by atoms with Crippen LogP contribution in [0.25, 0.3) is 0 Å². The van der Waals surface area contributed by atoms with Crippen molar-refractivity contribution < 1.29 is 38.5 Å². The lowest BCUT2D eigenvalue weighted by Crippen LogP contribution is -2.65. The molecule has 172 valence electrons. The zero-order valence-corrected chi connectivity index (χ0v) is 18.2. The molecular formula is C24H30NO7+. The Morgan fingerprint density at radius 2 is 2.09 bits per heavy atom. The highest BCUT2D eigenvalue weighted by molar-refractivity contribution is 5.71. The van der Waals surface area contributed by atoms with Crippen LogP contribution in [0.3, 0.4) is 0 Å². The van der Waals surface area contributed by atoms with Crippen molar-refractivity contribution in [3.05, 3.63) is 59.4 Å². The molecule has 0 saturated carbocycles. The SMILES string of the molecule is CC[N+]1(CC(=O)O)CCCC(C(=O)O)[C@H]1OC1CC=CC2=COCOC3C=CC=CC3=C21. The number of carbonyl (C=O) groups is 2. The average molecular weight is 445 g/mol. The summed E-state index contributed by atoms with van der Waals surface area (Å²) in [4.78, 5) is 23.9. The lowest BCUT2D eigenvalue weighted by molar-refractivity contribution is -0.972. The first-order valence-electron chi connectivity index (χ1n) is 11.1. The van der Waals surface area contributed by atoms with Crippen LogP contribution < -0.4 is 0 Å². The third kappa shape index (κ3) is 4.30. The molecule has 0 aromatic rings. The lowest BCUT2D eigenvalue weighted by Gasteiger charge is -2.49. The maximum absolute atomic E-state index is 12.2. The average Bonchev–Trinajstić information content (AvgIpc) is 2.76. The maximum atomic E-state index is 12.2. The number of carboxylic acids is 2. The van der Waals surface area contributed by atoms with E-state index < -0.39 is 30.2 Å². The summed E-state index contributed by atoms with van der Waals surface area (Å²) in [7, 11) is 0. The number of rotatable bonds is 6. The number of allylic oxidation sites excluding steroid dienone is 3. The Morgan fingerprint density at radius 1 is 1.25 bits per heavy atom. The highest BCUT2D eigenvalue weighted by atomic mass is 16.7. The first kappa shape index (κ1) is 22.5. The molecule has 0 aromatic carbocycles. The van der Waals surface area contributed by atoms with Crippen molar-refractivity contribution in [2.75, 3.05) is 26.4 Å². The van der Waals surface area contributed by atoms with E-state index in [1.807, 2.05) is 43.4 Å². The van der Waals surface area contributed by atoms with Gasteiger partial charge in [-0.3, -0.25) is 9.28 Å². The van der Waals surface area contributed by atoms with Crippen LogP contribution in [0, 0.1) is 5.92 Å². The smallest absolute Gasteiger partial charge is 0.359 e. The summed E-state index contributed by atoms with van der Waals surface area (Å²) in [5.41, 5.74) is 2.71. The molecule has 4 rings (SSSR count). The van der Waals surface area contributed by atoms with Crippen LogP contribution in [0.15, 0.2) is 59.4 Å². The normalized spacial score (nSPS) is 34.0. The van der Waals surface area contributed by atoms with Crippen molar-refractivity contribution >= 4 is 11.9 Å². The van der Waals surface area contributed by atoms with Gasteiger partial charge in [0.05, 0.1) is 25.5 Å². The van der Waals surface area contributed by atoms with Crippen LogP contribution in [-0.4, -0.2) is 71.5 Å². The number of likely N-dealkylation sites (N-methyl/N-ethyl adjacent to an activating group) is 1. The predicted molar refractivity (Wildman–Crippen MR) is 115 cm³/mol. The second-order valence-electron chi connectivity index (χ2n) is 8.61. The number of fused-ring (bicyclic) bond motifs is 2. The zero-order chi connectivity index (χ0) is 22.7. The fourth-order valence-corrected chi connectivity index (χ4v) is 5.24. The van der Waals surface area contributed by atoms with Crippen LogP contribution in [-0.2, 0) is 23.8 Å². The van der Waals surface area contributed by atoms with E-state index in [-0.39, 0.29) is 23.9 Å². The van der Waals surface area contributed by atoms with Crippen molar-refractivity contribution in [2.45, 2.75) is 44.6 Å². The lowest BCUT2D eigenvalue weighted by atomic mass is 9.85. The van der Waals surface area contributed by atoms with Gasteiger partial charge in [-0.15, -0.1) is 0 Å². The molecule has 4 aliphatic rings. The summed E-state index contributed by atoms with van der Waals surface area (Å²) < 4.78 is 18.1.